The van der Waals surface area contributed by atoms with Crippen LogP contribution in [0, 0.1) is 0 Å². The topological polar surface area (TPSA) is 63.4 Å². The van der Waals surface area contributed by atoms with Gasteiger partial charge in [-0.15, -0.1) is 0 Å². The Labute approximate surface area is 152 Å². The molecule has 1 aromatic rings. The van der Waals surface area contributed by atoms with Crippen LogP contribution in [0.1, 0.15) is 35.7 Å². The summed E-state index contributed by atoms with van der Waals surface area (Å²) >= 11 is 0. The van der Waals surface area contributed by atoms with Crippen LogP contribution in [0.4, 0.5) is 0 Å². The van der Waals surface area contributed by atoms with Gasteiger partial charge in [-0.2, -0.15) is 0 Å². The second kappa shape index (κ2) is 6.75. The summed E-state index contributed by atoms with van der Waals surface area (Å²) in [4.78, 5) is 29.6. The minimum Gasteiger partial charge on any atom is -0.349 e. The number of nitrogens with one attached hydrogen (secondary N) is 2. The SMILES string of the molecule is CC=CCN1C=C(c2ccc(C(=O)NC3CC3)cc2)C2=CC=[NH+]C2C1=O. The Morgan fingerprint density at radius 1 is 1.31 bits per heavy atom. The third-order valence-corrected chi connectivity index (χ3v) is 4.87. The summed E-state index contributed by atoms with van der Waals surface area (Å²) in [6.07, 6.45) is 11.7. The van der Waals surface area contributed by atoms with Gasteiger partial charge in [-0.1, -0.05) is 24.3 Å². The average molecular weight is 348 g/mol. The molecule has 0 spiro atoms. The van der Waals surface area contributed by atoms with Crippen LogP contribution in [-0.4, -0.2) is 41.6 Å². The van der Waals surface area contributed by atoms with Crippen molar-refractivity contribution in [3.8, 4) is 0 Å². The smallest absolute Gasteiger partial charge is 0.300 e. The van der Waals surface area contributed by atoms with Crippen molar-refractivity contribution in [3.63, 3.8) is 0 Å². The first-order chi connectivity index (χ1) is 12.7. The van der Waals surface area contributed by atoms with Crippen LogP contribution >= 0.6 is 0 Å². The second-order valence-electron chi connectivity index (χ2n) is 6.82. The molecule has 1 aromatic carbocycles. The van der Waals surface area contributed by atoms with Gasteiger partial charge in [0.15, 0.2) is 6.21 Å². The number of rotatable bonds is 5. The standard InChI is InChI=1S/C21H21N3O2/c1-2-3-12-24-13-18(17-10-11-22-19(17)21(24)26)14-4-6-15(7-5-14)20(25)23-16-8-9-16/h2-7,10-11,13,16,19H,8-9,12H2,1H3,(H,23,25)/p+1. The molecule has 2 aliphatic heterocycles. The van der Waals surface area contributed by atoms with Crippen LogP contribution in [0.25, 0.3) is 5.57 Å². The average Bonchev–Trinajstić information content (AvgIpc) is 3.33. The van der Waals surface area contributed by atoms with Gasteiger partial charge < -0.3 is 10.2 Å². The fourth-order valence-electron chi connectivity index (χ4n) is 3.23. The third-order valence-electron chi connectivity index (χ3n) is 4.87. The molecular weight excluding hydrogens is 326 g/mol. The van der Waals surface area contributed by atoms with E-state index in [1.54, 1.807) is 4.90 Å². The minimum absolute atomic E-state index is 0.0190. The maximum Gasteiger partial charge on any atom is 0.300 e. The fourth-order valence-corrected chi connectivity index (χ4v) is 3.23. The van der Waals surface area contributed by atoms with E-state index >= 15 is 0 Å². The number of fused-ring (bicyclic) bond motifs is 1. The Kier molecular flexibility index (Phi) is 4.29. The first-order valence-corrected chi connectivity index (χ1v) is 9.02. The lowest BCUT2D eigenvalue weighted by Crippen LogP contribution is -2.79. The van der Waals surface area contributed by atoms with Gasteiger partial charge in [-0.05, 0) is 37.5 Å². The maximum absolute atomic E-state index is 12.6. The van der Waals surface area contributed by atoms with Crippen molar-refractivity contribution in [1.82, 2.24) is 10.2 Å². The van der Waals surface area contributed by atoms with Gasteiger partial charge >= 0.3 is 0 Å². The summed E-state index contributed by atoms with van der Waals surface area (Å²) in [5, 5.41) is 3.00. The van der Waals surface area contributed by atoms with Crippen molar-refractivity contribution in [2.75, 3.05) is 6.54 Å². The summed E-state index contributed by atoms with van der Waals surface area (Å²) in [6.45, 7) is 2.49. The molecular formula is C21H22N3O2+. The van der Waals surface area contributed by atoms with E-state index in [-0.39, 0.29) is 17.9 Å². The molecule has 1 atom stereocenters. The summed E-state index contributed by atoms with van der Waals surface area (Å²) < 4.78 is 0. The van der Waals surface area contributed by atoms with Crippen LogP contribution in [0.3, 0.4) is 0 Å². The molecule has 0 saturated heterocycles. The molecule has 132 valence electrons. The summed E-state index contributed by atoms with van der Waals surface area (Å²) in [7, 11) is 0. The van der Waals surface area contributed by atoms with Crippen molar-refractivity contribution in [1.29, 1.82) is 0 Å². The number of carbonyl (C=O) groups excluding carboxylic acids is 2. The van der Waals surface area contributed by atoms with E-state index in [0.29, 0.717) is 18.2 Å². The first-order valence-electron chi connectivity index (χ1n) is 9.02. The number of hydrogen-bond donors (Lipinski definition) is 2. The summed E-state index contributed by atoms with van der Waals surface area (Å²) in [6, 6.07) is 7.62. The van der Waals surface area contributed by atoms with Crippen LogP contribution < -0.4 is 10.3 Å². The molecule has 0 radical (unpaired) electrons. The number of hydrogen-bond acceptors (Lipinski definition) is 2. The van der Waals surface area contributed by atoms with Gasteiger partial charge in [-0.25, -0.2) is 4.99 Å². The van der Waals surface area contributed by atoms with Crippen LogP contribution in [0.15, 0.2) is 54.3 Å². The van der Waals surface area contributed by atoms with E-state index < -0.39 is 0 Å². The van der Waals surface area contributed by atoms with Gasteiger partial charge in [0.1, 0.15) is 0 Å². The lowest BCUT2D eigenvalue weighted by atomic mass is 9.90. The Balaban J connectivity index is 1.61. The minimum atomic E-state index is -0.335. The molecule has 2 amide bonds. The highest BCUT2D eigenvalue weighted by Crippen LogP contribution is 2.30. The maximum atomic E-state index is 12.6. The molecule has 0 aromatic heterocycles. The number of benzene rings is 1. The van der Waals surface area contributed by atoms with Crippen LogP contribution in [-0.2, 0) is 4.79 Å². The van der Waals surface area contributed by atoms with E-state index in [2.05, 4.69) is 10.3 Å². The van der Waals surface area contributed by atoms with Crippen LogP contribution in [0.2, 0.25) is 0 Å². The van der Waals surface area contributed by atoms with Gasteiger partial charge in [0, 0.05) is 41.6 Å². The largest absolute Gasteiger partial charge is 0.349 e. The molecule has 5 heteroatoms. The molecule has 1 saturated carbocycles. The van der Waals surface area contributed by atoms with Gasteiger partial charge in [0.2, 0.25) is 0 Å². The van der Waals surface area contributed by atoms with Gasteiger partial charge in [0.05, 0.1) is 0 Å². The first kappa shape index (κ1) is 16.5. The Hall–Kier alpha value is -2.95. The lowest BCUT2D eigenvalue weighted by Gasteiger charge is -2.26. The van der Waals surface area contributed by atoms with E-state index in [1.165, 1.54) is 0 Å². The van der Waals surface area contributed by atoms with Gasteiger partial charge in [0.25, 0.3) is 17.9 Å². The highest BCUT2D eigenvalue weighted by atomic mass is 16.2. The molecule has 1 fully saturated rings. The molecule has 2 heterocycles. The van der Waals surface area contributed by atoms with Crippen molar-refractivity contribution < 1.29 is 14.6 Å². The summed E-state index contributed by atoms with van der Waals surface area (Å²) in [5.41, 5.74) is 3.65. The van der Waals surface area contributed by atoms with E-state index in [1.807, 2.05) is 61.8 Å². The monoisotopic (exact) mass is 348 g/mol. The van der Waals surface area contributed by atoms with Crippen LogP contribution in [0.5, 0.6) is 0 Å². The lowest BCUT2D eigenvalue weighted by molar-refractivity contribution is -0.467. The normalized spacial score (nSPS) is 21.7. The molecule has 1 unspecified atom stereocenters. The third kappa shape index (κ3) is 3.12. The van der Waals surface area contributed by atoms with E-state index in [0.717, 1.165) is 29.6 Å². The van der Waals surface area contributed by atoms with Gasteiger partial charge in [-0.3, -0.25) is 9.59 Å². The van der Waals surface area contributed by atoms with Crippen molar-refractivity contribution in [3.05, 3.63) is 65.4 Å². The van der Waals surface area contributed by atoms with E-state index in [4.69, 9.17) is 0 Å². The fraction of sp³-hybridized carbons (Fsp3) is 0.286. The molecule has 0 bridgehead atoms. The Morgan fingerprint density at radius 2 is 2.08 bits per heavy atom. The number of carbonyl (C=O) groups is 2. The van der Waals surface area contributed by atoms with E-state index in [9.17, 15) is 9.59 Å². The zero-order valence-electron chi connectivity index (χ0n) is 14.7. The molecule has 2 N–H and O–H groups in total. The zero-order chi connectivity index (χ0) is 18.1. The predicted molar refractivity (Wildman–Crippen MR) is 100 cm³/mol. The second-order valence-corrected chi connectivity index (χ2v) is 6.82. The van der Waals surface area contributed by atoms with Crippen molar-refractivity contribution >= 4 is 23.6 Å². The highest BCUT2D eigenvalue weighted by Gasteiger charge is 2.39. The molecule has 4 rings (SSSR count). The molecule has 5 nitrogen and oxygen atoms in total. The molecule has 3 aliphatic rings. The zero-order valence-corrected chi connectivity index (χ0v) is 14.7. The quantitative estimate of drug-likeness (QED) is 0.773. The van der Waals surface area contributed by atoms with Crippen molar-refractivity contribution in [2.24, 2.45) is 0 Å². The predicted octanol–water partition coefficient (Wildman–Crippen LogP) is 0.798. The highest BCUT2D eigenvalue weighted by molar-refractivity contribution is 6.01. The Bertz CT molecular complexity index is 858. The van der Waals surface area contributed by atoms with Crippen molar-refractivity contribution in [2.45, 2.75) is 31.8 Å². The molecule has 1 aliphatic carbocycles. The Morgan fingerprint density at radius 3 is 2.77 bits per heavy atom. The number of allylic oxidation sites excluding steroid dienone is 2. The molecule has 26 heavy (non-hydrogen) atoms. The summed E-state index contributed by atoms with van der Waals surface area (Å²) in [5.74, 6) is 0.0294. The number of amides is 2. The number of nitrogens with zero attached hydrogens (tertiary/aromatic N) is 1.